The maximum absolute atomic E-state index is 12.8. The van der Waals surface area contributed by atoms with E-state index in [0.717, 1.165) is 53.3 Å². The fourth-order valence-corrected chi connectivity index (χ4v) is 4.94. The van der Waals surface area contributed by atoms with Crippen LogP contribution in [-0.4, -0.2) is 62.4 Å². The van der Waals surface area contributed by atoms with Crippen LogP contribution in [0.3, 0.4) is 0 Å². The van der Waals surface area contributed by atoms with Crippen molar-refractivity contribution in [3.8, 4) is 0 Å². The van der Waals surface area contributed by atoms with Crippen LogP contribution in [0.2, 0.25) is 0 Å². The Labute approximate surface area is 162 Å². The van der Waals surface area contributed by atoms with Gasteiger partial charge < -0.3 is 9.47 Å². The van der Waals surface area contributed by atoms with E-state index in [1.165, 1.54) is 17.0 Å². The highest BCUT2D eigenvalue weighted by Gasteiger charge is 2.30. The number of carbonyl (C=O) groups is 1. The van der Waals surface area contributed by atoms with Gasteiger partial charge in [0.1, 0.15) is 10.3 Å². The lowest BCUT2D eigenvalue weighted by Gasteiger charge is -2.32. The molecule has 8 heteroatoms. The minimum absolute atomic E-state index is 0.0483. The van der Waals surface area contributed by atoms with Gasteiger partial charge in [-0.2, -0.15) is 0 Å². The summed E-state index contributed by atoms with van der Waals surface area (Å²) in [6, 6.07) is 0. The van der Waals surface area contributed by atoms with E-state index in [1.807, 2.05) is 19.6 Å². The molecule has 4 rings (SSSR count). The Bertz CT molecular complexity index is 954. The third kappa shape index (κ3) is 3.46. The number of aromatic nitrogens is 4. The van der Waals surface area contributed by atoms with Crippen LogP contribution in [0.4, 0.5) is 0 Å². The lowest BCUT2D eigenvalue weighted by molar-refractivity contribution is 0.0830. The second-order valence-corrected chi connectivity index (χ2v) is 8.30. The molecule has 0 atom stereocenters. The first-order chi connectivity index (χ1) is 13.0. The Balaban J connectivity index is 1.57. The highest BCUT2D eigenvalue weighted by atomic mass is 32.1. The molecule has 1 saturated heterocycles. The zero-order valence-corrected chi connectivity index (χ0v) is 16.7. The molecule has 142 valence electrons. The van der Waals surface area contributed by atoms with E-state index < -0.39 is 0 Å². The first-order valence-electron chi connectivity index (χ1n) is 9.17. The number of imidazole rings is 1. The number of nitrogens with zero attached hydrogens (tertiary/aromatic N) is 6. The number of piperidine rings is 1. The number of likely N-dealkylation sites (tertiary alicyclic amines) is 1. The molecular formula is C19H24N6OS. The highest BCUT2D eigenvalue weighted by molar-refractivity contribution is 7.20. The molecule has 3 aromatic rings. The van der Waals surface area contributed by atoms with Crippen LogP contribution in [0, 0.1) is 0 Å². The molecule has 0 aliphatic carbocycles. The van der Waals surface area contributed by atoms with E-state index in [0.29, 0.717) is 5.92 Å². The molecule has 1 aliphatic heterocycles. The van der Waals surface area contributed by atoms with Crippen molar-refractivity contribution < 1.29 is 4.79 Å². The van der Waals surface area contributed by atoms with Gasteiger partial charge in [-0.15, -0.1) is 11.3 Å². The number of aryl methyl sites for hydroxylation is 1. The number of rotatable bonds is 4. The summed E-state index contributed by atoms with van der Waals surface area (Å²) in [5, 5.41) is 0. The van der Waals surface area contributed by atoms with Crippen molar-refractivity contribution in [1.82, 2.24) is 29.3 Å². The average molecular weight is 385 g/mol. The van der Waals surface area contributed by atoms with Gasteiger partial charge in [0.05, 0.1) is 16.9 Å². The highest BCUT2D eigenvalue weighted by Crippen LogP contribution is 2.39. The van der Waals surface area contributed by atoms with Gasteiger partial charge in [0.15, 0.2) is 0 Å². The monoisotopic (exact) mass is 384 g/mol. The summed E-state index contributed by atoms with van der Waals surface area (Å²) < 4.78 is 2.07. The molecule has 1 fully saturated rings. The SMILES string of the molecule is CN(C)C(=O)c1sc2nccnc2c1C1CCN(Cc2cncn2C)CC1. The molecule has 27 heavy (non-hydrogen) atoms. The van der Waals surface area contributed by atoms with Crippen molar-refractivity contribution in [3.63, 3.8) is 0 Å². The molecule has 0 unspecified atom stereocenters. The predicted octanol–water partition coefficient (Wildman–Crippen LogP) is 2.51. The van der Waals surface area contributed by atoms with E-state index in [1.54, 1.807) is 31.4 Å². The van der Waals surface area contributed by atoms with Crippen molar-refractivity contribution in [2.45, 2.75) is 25.3 Å². The third-order valence-electron chi connectivity index (χ3n) is 5.26. The normalized spacial score (nSPS) is 16.1. The molecule has 0 saturated carbocycles. The smallest absolute Gasteiger partial charge is 0.263 e. The van der Waals surface area contributed by atoms with Crippen LogP contribution in [0.1, 0.15) is 39.7 Å². The van der Waals surface area contributed by atoms with Crippen LogP contribution < -0.4 is 0 Å². The minimum Gasteiger partial charge on any atom is -0.344 e. The van der Waals surface area contributed by atoms with E-state index >= 15 is 0 Å². The molecule has 0 radical (unpaired) electrons. The van der Waals surface area contributed by atoms with E-state index in [2.05, 4.69) is 24.4 Å². The Morgan fingerprint density at radius 1 is 1.26 bits per heavy atom. The Kier molecular flexibility index (Phi) is 4.92. The number of amides is 1. The van der Waals surface area contributed by atoms with Crippen LogP contribution in [0.5, 0.6) is 0 Å². The van der Waals surface area contributed by atoms with Gasteiger partial charge in [0, 0.05) is 51.8 Å². The van der Waals surface area contributed by atoms with Crippen molar-refractivity contribution in [1.29, 1.82) is 0 Å². The van der Waals surface area contributed by atoms with Gasteiger partial charge >= 0.3 is 0 Å². The van der Waals surface area contributed by atoms with Crippen molar-refractivity contribution in [3.05, 3.63) is 41.1 Å². The lowest BCUT2D eigenvalue weighted by Crippen LogP contribution is -2.33. The summed E-state index contributed by atoms with van der Waals surface area (Å²) in [6.07, 6.45) is 9.24. The number of fused-ring (bicyclic) bond motifs is 1. The van der Waals surface area contributed by atoms with Crippen LogP contribution in [-0.2, 0) is 13.6 Å². The maximum Gasteiger partial charge on any atom is 0.263 e. The van der Waals surface area contributed by atoms with Crippen LogP contribution >= 0.6 is 11.3 Å². The standard InChI is InChI=1S/C19H24N6OS/c1-23(2)19(26)17-15(16-18(27-17)22-7-6-21-16)13-4-8-25(9-5-13)11-14-10-20-12-24(14)3/h6-7,10,12-13H,4-5,8-9,11H2,1-3H3. The second kappa shape index (κ2) is 7.36. The molecule has 7 nitrogen and oxygen atoms in total. The van der Waals surface area contributed by atoms with Gasteiger partial charge in [-0.3, -0.25) is 14.7 Å². The Hall–Kier alpha value is -2.32. The van der Waals surface area contributed by atoms with Gasteiger partial charge in [-0.1, -0.05) is 0 Å². The van der Waals surface area contributed by atoms with Crippen LogP contribution in [0.15, 0.2) is 24.9 Å². The molecule has 3 aromatic heterocycles. The molecule has 4 heterocycles. The van der Waals surface area contributed by atoms with Crippen molar-refractivity contribution in [2.24, 2.45) is 7.05 Å². The maximum atomic E-state index is 12.8. The second-order valence-electron chi connectivity index (χ2n) is 7.30. The van der Waals surface area contributed by atoms with Gasteiger partial charge in [-0.25, -0.2) is 9.97 Å². The Morgan fingerprint density at radius 2 is 2.00 bits per heavy atom. The zero-order valence-electron chi connectivity index (χ0n) is 15.9. The number of thiophene rings is 1. The van der Waals surface area contributed by atoms with Crippen LogP contribution in [0.25, 0.3) is 10.3 Å². The van der Waals surface area contributed by atoms with Gasteiger partial charge in [-0.05, 0) is 31.8 Å². The number of hydrogen-bond acceptors (Lipinski definition) is 6. The first kappa shape index (κ1) is 18.1. The summed E-state index contributed by atoms with van der Waals surface area (Å²) in [6.45, 7) is 2.92. The first-order valence-corrected chi connectivity index (χ1v) is 9.99. The van der Waals surface area contributed by atoms with Crippen molar-refractivity contribution in [2.75, 3.05) is 27.2 Å². The summed E-state index contributed by atoms with van der Waals surface area (Å²) >= 11 is 1.47. The number of hydrogen-bond donors (Lipinski definition) is 0. The fourth-order valence-electron chi connectivity index (χ4n) is 3.73. The summed E-state index contributed by atoms with van der Waals surface area (Å²) in [7, 11) is 5.63. The Morgan fingerprint density at radius 3 is 2.67 bits per heavy atom. The predicted molar refractivity (Wildman–Crippen MR) is 106 cm³/mol. The van der Waals surface area contributed by atoms with Gasteiger partial charge in [0.25, 0.3) is 5.91 Å². The summed E-state index contributed by atoms with van der Waals surface area (Å²) in [4.78, 5) is 31.7. The molecule has 0 N–H and O–H groups in total. The largest absolute Gasteiger partial charge is 0.344 e. The average Bonchev–Trinajstić information content (AvgIpc) is 3.25. The van der Waals surface area contributed by atoms with E-state index in [-0.39, 0.29) is 5.91 Å². The van der Waals surface area contributed by atoms with Gasteiger partial charge in [0.2, 0.25) is 0 Å². The quantitative estimate of drug-likeness (QED) is 0.691. The lowest BCUT2D eigenvalue weighted by atomic mass is 9.88. The number of carbonyl (C=O) groups excluding carboxylic acids is 1. The summed E-state index contributed by atoms with van der Waals surface area (Å²) in [5.74, 6) is 0.393. The zero-order chi connectivity index (χ0) is 19.0. The molecule has 0 aromatic carbocycles. The minimum atomic E-state index is 0.0483. The third-order valence-corrected chi connectivity index (χ3v) is 6.35. The molecule has 0 spiro atoms. The molecular weight excluding hydrogens is 360 g/mol. The van der Waals surface area contributed by atoms with Crippen molar-refractivity contribution >= 4 is 27.6 Å². The fraction of sp³-hybridized carbons (Fsp3) is 0.474. The molecule has 1 aliphatic rings. The topological polar surface area (TPSA) is 67.2 Å². The summed E-state index contributed by atoms with van der Waals surface area (Å²) in [5.41, 5.74) is 3.23. The van der Waals surface area contributed by atoms with E-state index in [9.17, 15) is 4.79 Å². The van der Waals surface area contributed by atoms with E-state index in [4.69, 9.17) is 0 Å². The molecule has 0 bridgehead atoms. The molecule has 1 amide bonds.